The zero-order valence-electron chi connectivity index (χ0n) is 10.3. The second-order valence-corrected chi connectivity index (χ2v) is 4.16. The SMILES string of the molecule is NC(=O)Cc1cccc(NC(=O)c2ccccc2)c1. The van der Waals surface area contributed by atoms with Gasteiger partial charge in [-0.3, -0.25) is 9.59 Å². The van der Waals surface area contributed by atoms with Gasteiger partial charge >= 0.3 is 0 Å². The first kappa shape index (κ1) is 12.8. The third-order valence-corrected chi connectivity index (χ3v) is 2.60. The molecule has 4 heteroatoms. The van der Waals surface area contributed by atoms with E-state index in [0.717, 1.165) is 5.56 Å². The lowest BCUT2D eigenvalue weighted by atomic mass is 10.1. The van der Waals surface area contributed by atoms with Crippen molar-refractivity contribution in [2.75, 3.05) is 5.32 Å². The van der Waals surface area contributed by atoms with Crippen LogP contribution in [0.25, 0.3) is 0 Å². The quantitative estimate of drug-likeness (QED) is 0.875. The maximum Gasteiger partial charge on any atom is 0.255 e. The van der Waals surface area contributed by atoms with E-state index < -0.39 is 5.91 Å². The van der Waals surface area contributed by atoms with E-state index in [4.69, 9.17) is 5.73 Å². The molecule has 0 aliphatic heterocycles. The predicted molar refractivity (Wildman–Crippen MR) is 73.7 cm³/mol. The van der Waals surface area contributed by atoms with Gasteiger partial charge in [0.1, 0.15) is 0 Å². The van der Waals surface area contributed by atoms with Crippen LogP contribution in [0, 0.1) is 0 Å². The zero-order valence-corrected chi connectivity index (χ0v) is 10.3. The second-order valence-electron chi connectivity index (χ2n) is 4.16. The Morgan fingerprint density at radius 2 is 1.74 bits per heavy atom. The van der Waals surface area contributed by atoms with Gasteiger partial charge in [0.25, 0.3) is 5.91 Å². The smallest absolute Gasteiger partial charge is 0.255 e. The molecule has 0 spiro atoms. The normalized spacial score (nSPS) is 9.89. The van der Waals surface area contributed by atoms with E-state index in [0.29, 0.717) is 11.3 Å². The molecule has 2 aromatic carbocycles. The molecule has 0 saturated carbocycles. The average molecular weight is 254 g/mol. The molecule has 2 aromatic rings. The minimum absolute atomic E-state index is 0.162. The summed E-state index contributed by atoms with van der Waals surface area (Å²) in [5.41, 5.74) is 7.15. The van der Waals surface area contributed by atoms with Crippen LogP contribution in [-0.2, 0) is 11.2 Å². The molecule has 2 rings (SSSR count). The third-order valence-electron chi connectivity index (χ3n) is 2.60. The Hall–Kier alpha value is -2.62. The Labute approximate surface area is 111 Å². The van der Waals surface area contributed by atoms with Crippen LogP contribution in [0.15, 0.2) is 54.6 Å². The predicted octanol–water partition coefficient (Wildman–Crippen LogP) is 1.97. The van der Waals surface area contributed by atoms with E-state index >= 15 is 0 Å². The largest absolute Gasteiger partial charge is 0.369 e. The van der Waals surface area contributed by atoms with E-state index in [-0.39, 0.29) is 12.3 Å². The maximum absolute atomic E-state index is 11.9. The summed E-state index contributed by atoms with van der Waals surface area (Å²) in [5, 5.41) is 2.78. The van der Waals surface area contributed by atoms with E-state index in [1.165, 1.54) is 0 Å². The van der Waals surface area contributed by atoms with Gasteiger partial charge in [-0.15, -0.1) is 0 Å². The summed E-state index contributed by atoms with van der Waals surface area (Å²) in [4.78, 5) is 22.8. The molecule has 4 nitrogen and oxygen atoms in total. The van der Waals surface area contributed by atoms with E-state index in [2.05, 4.69) is 5.32 Å². The van der Waals surface area contributed by atoms with Crippen molar-refractivity contribution in [2.45, 2.75) is 6.42 Å². The number of primary amides is 1. The first-order valence-corrected chi connectivity index (χ1v) is 5.89. The van der Waals surface area contributed by atoms with Gasteiger partial charge in [0.2, 0.25) is 5.91 Å². The summed E-state index contributed by atoms with van der Waals surface area (Å²) < 4.78 is 0. The van der Waals surface area contributed by atoms with Gasteiger partial charge < -0.3 is 11.1 Å². The summed E-state index contributed by atoms with van der Waals surface area (Å²) in [6.45, 7) is 0. The number of benzene rings is 2. The summed E-state index contributed by atoms with van der Waals surface area (Å²) in [6.07, 6.45) is 0.162. The highest BCUT2D eigenvalue weighted by molar-refractivity contribution is 6.04. The van der Waals surface area contributed by atoms with Gasteiger partial charge in [0.05, 0.1) is 6.42 Å². The maximum atomic E-state index is 11.9. The van der Waals surface area contributed by atoms with Crippen LogP contribution in [0.5, 0.6) is 0 Å². The number of nitrogens with one attached hydrogen (secondary N) is 1. The molecule has 2 amide bonds. The van der Waals surface area contributed by atoms with Gasteiger partial charge in [-0.2, -0.15) is 0 Å². The van der Waals surface area contributed by atoms with Crippen molar-refractivity contribution < 1.29 is 9.59 Å². The topological polar surface area (TPSA) is 72.2 Å². The number of amides is 2. The molecule has 19 heavy (non-hydrogen) atoms. The standard InChI is InChI=1S/C15H14N2O2/c16-14(18)10-11-5-4-8-13(9-11)17-15(19)12-6-2-1-3-7-12/h1-9H,10H2,(H2,16,18)(H,17,19). The van der Waals surface area contributed by atoms with Gasteiger partial charge in [-0.25, -0.2) is 0 Å². The van der Waals surface area contributed by atoms with Crippen LogP contribution in [-0.4, -0.2) is 11.8 Å². The number of hydrogen-bond donors (Lipinski definition) is 2. The Bertz CT molecular complexity index is 594. The molecule has 0 fully saturated rings. The number of carbonyl (C=O) groups excluding carboxylic acids is 2. The van der Waals surface area contributed by atoms with Gasteiger partial charge in [-0.05, 0) is 29.8 Å². The summed E-state index contributed by atoms with van der Waals surface area (Å²) in [6, 6.07) is 16.0. The van der Waals surface area contributed by atoms with E-state index in [1.807, 2.05) is 6.07 Å². The minimum atomic E-state index is -0.397. The molecular weight excluding hydrogens is 240 g/mol. The van der Waals surface area contributed by atoms with Crippen molar-refractivity contribution in [3.8, 4) is 0 Å². The molecule has 0 aliphatic carbocycles. The second kappa shape index (κ2) is 5.82. The first-order valence-electron chi connectivity index (χ1n) is 5.89. The molecule has 0 aromatic heterocycles. The molecule has 0 radical (unpaired) electrons. The van der Waals surface area contributed by atoms with Crippen LogP contribution in [0.2, 0.25) is 0 Å². The average Bonchev–Trinajstić information content (AvgIpc) is 2.39. The zero-order chi connectivity index (χ0) is 13.7. The van der Waals surface area contributed by atoms with Crippen molar-refractivity contribution >= 4 is 17.5 Å². The molecule has 0 bridgehead atoms. The molecule has 0 heterocycles. The Morgan fingerprint density at radius 3 is 2.42 bits per heavy atom. The van der Waals surface area contributed by atoms with Crippen LogP contribution in [0.4, 0.5) is 5.69 Å². The van der Waals surface area contributed by atoms with Crippen molar-refractivity contribution in [1.29, 1.82) is 0 Å². The Kier molecular flexibility index (Phi) is 3.93. The number of nitrogens with two attached hydrogens (primary N) is 1. The van der Waals surface area contributed by atoms with Crippen molar-refractivity contribution in [3.63, 3.8) is 0 Å². The molecule has 3 N–H and O–H groups in total. The highest BCUT2D eigenvalue weighted by Gasteiger charge is 2.06. The number of carbonyl (C=O) groups is 2. The lowest BCUT2D eigenvalue weighted by Gasteiger charge is -2.06. The summed E-state index contributed by atoms with van der Waals surface area (Å²) in [7, 11) is 0. The summed E-state index contributed by atoms with van der Waals surface area (Å²) >= 11 is 0. The van der Waals surface area contributed by atoms with Crippen LogP contribution < -0.4 is 11.1 Å². The van der Waals surface area contributed by atoms with Gasteiger partial charge in [0.15, 0.2) is 0 Å². The highest BCUT2D eigenvalue weighted by Crippen LogP contribution is 2.12. The van der Waals surface area contributed by atoms with Crippen LogP contribution >= 0.6 is 0 Å². The Balaban J connectivity index is 2.11. The molecule has 96 valence electrons. The first-order chi connectivity index (χ1) is 9.15. The van der Waals surface area contributed by atoms with Gasteiger partial charge in [0, 0.05) is 11.3 Å². The lowest BCUT2D eigenvalue weighted by Crippen LogP contribution is -2.14. The monoisotopic (exact) mass is 254 g/mol. The number of hydrogen-bond acceptors (Lipinski definition) is 2. The third kappa shape index (κ3) is 3.67. The number of rotatable bonds is 4. The van der Waals surface area contributed by atoms with Crippen LogP contribution in [0.3, 0.4) is 0 Å². The molecule has 0 atom stereocenters. The minimum Gasteiger partial charge on any atom is -0.369 e. The molecular formula is C15H14N2O2. The van der Waals surface area contributed by atoms with Crippen molar-refractivity contribution in [1.82, 2.24) is 0 Å². The molecule has 0 aliphatic rings. The molecule has 0 unspecified atom stereocenters. The number of anilines is 1. The van der Waals surface area contributed by atoms with Gasteiger partial charge in [-0.1, -0.05) is 30.3 Å². The Morgan fingerprint density at radius 1 is 1.00 bits per heavy atom. The summed E-state index contributed by atoms with van der Waals surface area (Å²) in [5.74, 6) is -0.580. The van der Waals surface area contributed by atoms with E-state index in [9.17, 15) is 9.59 Å². The highest BCUT2D eigenvalue weighted by atomic mass is 16.2. The fraction of sp³-hybridized carbons (Fsp3) is 0.0667. The molecule has 0 saturated heterocycles. The van der Waals surface area contributed by atoms with Crippen molar-refractivity contribution in [3.05, 3.63) is 65.7 Å². The fourth-order valence-corrected chi connectivity index (χ4v) is 1.75. The van der Waals surface area contributed by atoms with Crippen molar-refractivity contribution in [2.24, 2.45) is 5.73 Å². The fourth-order valence-electron chi connectivity index (χ4n) is 1.75. The van der Waals surface area contributed by atoms with Crippen LogP contribution in [0.1, 0.15) is 15.9 Å². The lowest BCUT2D eigenvalue weighted by molar-refractivity contribution is -0.117. The van der Waals surface area contributed by atoms with E-state index in [1.54, 1.807) is 48.5 Å².